The number of urea groups is 1. The molecule has 0 saturated carbocycles. The minimum Gasteiger partial charge on any atom is -0.481 e. The predicted octanol–water partition coefficient (Wildman–Crippen LogP) is 2.66. The molecule has 1 aliphatic heterocycles. The fraction of sp³-hybridized carbons (Fsp3) is 0.385. The summed E-state index contributed by atoms with van der Waals surface area (Å²) < 4.78 is 13.5. The van der Waals surface area contributed by atoms with Crippen LogP contribution in [-0.2, 0) is 4.79 Å². The Hall–Kier alpha value is -1.82. The fourth-order valence-electron chi connectivity index (χ4n) is 1.98. The van der Waals surface area contributed by atoms with Crippen molar-refractivity contribution in [3.63, 3.8) is 0 Å². The number of aliphatic carboxylic acids is 1. The molecule has 1 aromatic rings. The number of carbonyl (C=O) groups excluding carboxylic acids is 1. The second-order valence-corrected chi connectivity index (χ2v) is 5.28. The predicted molar refractivity (Wildman–Crippen MR) is 72.3 cm³/mol. The van der Waals surface area contributed by atoms with E-state index in [-0.39, 0.29) is 16.6 Å². The summed E-state index contributed by atoms with van der Waals surface area (Å²) in [6.07, 6.45) is 0. The monoisotopic (exact) mass is 300 g/mol. The molecule has 0 aliphatic carbocycles. The average molecular weight is 301 g/mol. The van der Waals surface area contributed by atoms with Gasteiger partial charge >= 0.3 is 12.0 Å². The molecule has 1 aromatic carbocycles. The second kappa shape index (κ2) is 5.66. The van der Waals surface area contributed by atoms with Gasteiger partial charge in [0.15, 0.2) is 0 Å². The Bertz CT molecular complexity index is 546. The number of nitrogens with one attached hydrogen (secondary N) is 1. The van der Waals surface area contributed by atoms with Gasteiger partial charge in [0.1, 0.15) is 5.82 Å². The number of nitrogens with zero attached hydrogens (tertiary/aromatic N) is 1. The number of anilines is 1. The van der Waals surface area contributed by atoms with Crippen molar-refractivity contribution in [3.8, 4) is 0 Å². The maximum atomic E-state index is 13.5. The van der Waals surface area contributed by atoms with Crippen molar-refractivity contribution in [1.82, 2.24) is 4.90 Å². The first-order valence-corrected chi connectivity index (χ1v) is 6.50. The topological polar surface area (TPSA) is 69.6 Å². The third-order valence-electron chi connectivity index (χ3n) is 3.47. The fourth-order valence-corrected chi connectivity index (χ4v) is 2.14. The largest absolute Gasteiger partial charge is 0.481 e. The minimum absolute atomic E-state index is 0.0501. The summed E-state index contributed by atoms with van der Waals surface area (Å²) in [4.78, 5) is 24.1. The molecule has 1 fully saturated rings. The molecule has 5 nitrogen and oxygen atoms in total. The van der Waals surface area contributed by atoms with E-state index in [0.29, 0.717) is 13.1 Å². The van der Waals surface area contributed by atoms with Crippen LogP contribution in [0.15, 0.2) is 18.2 Å². The van der Waals surface area contributed by atoms with E-state index < -0.39 is 23.7 Å². The Morgan fingerprint density at radius 3 is 2.70 bits per heavy atom. The maximum Gasteiger partial charge on any atom is 0.321 e. The summed E-state index contributed by atoms with van der Waals surface area (Å²) in [5, 5.41) is 11.5. The SMILES string of the molecule is CC(C(=O)O)C1CN(C(=O)Nc2ccc(Cl)cc2F)C1. The molecule has 2 N–H and O–H groups in total. The molecular formula is C13H14ClFN2O3. The van der Waals surface area contributed by atoms with Crippen LogP contribution in [0.2, 0.25) is 5.02 Å². The molecular weight excluding hydrogens is 287 g/mol. The van der Waals surface area contributed by atoms with E-state index in [0.717, 1.165) is 6.07 Å². The standard InChI is InChI=1S/C13H14ClFN2O3/c1-7(12(18)19)8-5-17(6-8)13(20)16-11-3-2-9(14)4-10(11)15/h2-4,7-8H,5-6H2,1H3,(H,16,20)(H,18,19). The van der Waals surface area contributed by atoms with Gasteiger partial charge in [0.2, 0.25) is 0 Å². The second-order valence-electron chi connectivity index (χ2n) is 4.85. The highest BCUT2D eigenvalue weighted by molar-refractivity contribution is 6.30. The zero-order chi connectivity index (χ0) is 14.9. The Morgan fingerprint density at radius 2 is 2.15 bits per heavy atom. The van der Waals surface area contributed by atoms with Crippen LogP contribution in [0.25, 0.3) is 0 Å². The Morgan fingerprint density at radius 1 is 1.50 bits per heavy atom. The minimum atomic E-state index is -0.876. The van der Waals surface area contributed by atoms with Gasteiger partial charge in [-0.25, -0.2) is 9.18 Å². The molecule has 108 valence electrons. The third kappa shape index (κ3) is 3.01. The number of likely N-dealkylation sites (tertiary alicyclic amines) is 1. The van der Waals surface area contributed by atoms with Crippen molar-refractivity contribution in [2.75, 3.05) is 18.4 Å². The number of carboxylic acids is 1. The maximum absolute atomic E-state index is 13.5. The molecule has 1 saturated heterocycles. The number of hydrogen-bond acceptors (Lipinski definition) is 2. The molecule has 0 aromatic heterocycles. The van der Waals surface area contributed by atoms with E-state index in [1.165, 1.54) is 17.0 Å². The van der Waals surface area contributed by atoms with Gasteiger partial charge < -0.3 is 15.3 Å². The molecule has 0 spiro atoms. The van der Waals surface area contributed by atoms with Crippen molar-refractivity contribution < 1.29 is 19.1 Å². The van der Waals surface area contributed by atoms with Crippen molar-refractivity contribution in [3.05, 3.63) is 29.0 Å². The third-order valence-corrected chi connectivity index (χ3v) is 3.70. The Labute approximate surface area is 120 Å². The number of rotatable bonds is 3. The molecule has 0 bridgehead atoms. The molecule has 2 amide bonds. The van der Waals surface area contributed by atoms with Gasteiger partial charge in [-0.05, 0) is 18.2 Å². The Kier molecular flexibility index (Phi) is 4.13. The molecule has 1 unspecified atom stereocenters. The number of carboxylic acid groups (broad SMARTS) is 1. The molecule has 0 radical (unpaired) electrons. The quantitative estimate of drug-likeness (QED) is 0.901. The smallest absolute Gasteiger partial charge is 0.321 e. The van der Waals surface area contributed by atoms with Crippen LogP contribution < -0.4 is 5.32 Å². The van der Waals surface area contributed by atoms with Gasteiger partial charge in [-0.1, -0.05) is 18.5 Å². The highest BCUT2D eigenvalue weighted by atomic mass is 35.5. The molecule has 7 heteroatoms. The van der Waals surface area contributed by atoms with Crippen molar-refractivity contribution in [2.45, 2.75) is 6.92 Å². The van der Waals surface area contributed by atoms with Gasteiger partial charge in [0.25, 0.3) is 0 Å². The highest BCUT2D eigenvalue weighted by Gasteiger charge is 2.37. The number of hydrogen-bond donors (Lipinski definition) is 2. The Balaban J connectivity index is 1.90. The summed E-state index contributed by atoms with van der Waals surface area (Å²) >= 11 is 5.62. The number of halogens is 2. The van der Waals surface area contributed by atoms with Gasteiger partial charge in [0.05, 0.1) is 11.6 Å². The van der Waals surface area contributed by atoms with Crippen LogP contribution in [0.4, 0.5) is 14.9 Å². The van der Waals surface area contributed by atoms with Crippen molar-refractivity contribution in [1.29, 1.82) is 0 Å². The number of amides is 2. The lowest BCUT2D eigenvalue weighted by Gasteiger charge is -2.41. The number of carbonyl (C=O) groups is 2. The van der Waals surface area contributed by atoms with Gasteiger partial charge in [0, 0.05) is 24.0 Å². The van der Waals surface area contributed by atoms with Crippen LogP contribution in [0.1, 0.15) is 6.92 Å². The van der Waals surface area contributed by atoms with Crippen LogP contribution in [0, 0.1) is 17.7 Å². The molecule has 20 heavy (non-hydrogen) atoms. The first-order chi connectivity index (χ1) is 9.38. The first-order valence-electron chi connectivity index (χ1n) is 6.12. The summed E-state index contributed by atoms with van der Waals surface area (Å²) in [5.74, 6) is -2.04. The van der Waals surface area contributed by atoms with E-state index in [1.54, 1.807) is 6.92 Å². The van der Waals surface area contributed by atoms with Crippen LogP contribution in [0.3, 0.4) is 0 Å². The van der Waals surface area contributed by atoms with Gasteiger partial charge in [-0.3, -0.25) is 4.79 Å². The summed E-state index contributed by atoms with van der Waals surface area (Å²) in [7, 11) is 0. The summed E-state index contributed by atoms with van der Waals surface area (Å²) in [5.41, 5.74) is 0.0501. The highest BCUT2D eigenvalue weighted by Crippen LogP contribution is 2.25. The van der Waals surface area contributed by atoms with Crippen molar-refractivity contribution in [2.24, 2.45) is 11.8 Å². The lowest BCUT2D eigenvalue weighted by atomic mass is 9.87. The van der Waals surface area contributed by atoms with Crippen molar-refractivity contribution >= 4 is 29.3 Å². The normalized spacial score (nSPS) is 16.4. The van der Waals surface area contributed by atoms with Gasteiger partial charge in [-0.2, -0.15) is 0 Å². The molecule has 1 atom stereocenters. The zero-order valence-corrected chi connectivity index (χ0v) is 11.5. The summed E-state index contributed by atoms with van der Waals surface area (Å²) in [6.45, 7) is 2.32. The zero-order valence-electron chi connectivity index (χ0n) is 10.8. The average Bonchev–Trinajstić information content (AvgIpc) is 2.30. The lowest BCUT2D eigenvalue weighted by Crippen LogP contribution is -2.54. The van der Waals surface area contributed by atoms with E-state index in [1.807, 2.05) is 0 Å². The van der Waals surface area contributed by atoms with E-state index in [9.17, 15) is 14.0 Å². The van der Waals surface area contributed by atoms with E-state index >= 15 is 0 Å². The van der Waals surface area contributed by atoms with Gasteiger partial charge in [-0.15, -0.1) is 0 Å². The van der Waals surface area contributed by atoms with Crippen LogP contribution in [-0.4, -0.2) is 35.1 Å². The van der Waals surface area contributed by atoms with Crippen LogP contribution in [0.5, 0.6) is 0 Å². The first kappa shape index (κ1) is 14.6. The molecule has 1 aliphatic rings. The van der Waals surface area contributed by atoms with E-state index in [2.05, 4.69) is 5.32 Å². The van der Waals surface area contributed by atoms with E-state index in [4.69, 9.17) is 16.7 Å². The van der Waals surface area contributed by atoms with Crippen LogP contribution >= 0.6 is 11.6 Å². The lowest BCUT2D eigenvalue weighted by molar-refractivity contribution is -0.144. The molecule has 1 heterocycles. The molecule has 2 rings (SSSR count). The number of benzene rings is 1. The summed E-state index contributed by atoms with van der Waals surface area (Å²) in [6, 6.07) is 3.53.